The Morgan fingerprint density at radius 1 is 1.03 bits per heavy atom. The van der Waals surface area contributed by atoms with Crippen molar-refractivity contribution in [3.05, 3.63) is 59.7 Å². The van der Waals surface area contributed by atoms with Gasteiger partial charge in [-0.3, -0.25) is 4.79 Å². The molecule has 0 aromatic heterocycles. The van der Waals surface area contributed by atoms with Crippen molar-refractivity contribution in [3.63, 3.8) is 0 Å². The highest BCUT2D eigenvalue weighted by molar-refractivity contribution is 5.87. The van der Waals surface area contributed by atoms with Crippen molar-refractivity contribution in [1.29, 1.82) is 0 Å². The van der Waals surface area contributed by atoms with Gasteiger partial charge in [0.25, 0.3) is 0 Å². The third-order valence-corrected chi connectivity index (χ3v) is 5.81. The first-order valence-electron chi connectivity index (χ1n) is 10.9. The lowest BCUT2D eigenvalue weighted by Crippen LogP contribution is -2.50. The molecule has 2 amide bonds. The number of alkyl carbamates (subject to hydrolysis) is 1. The van der Waals surface area contributed by atoms with Crippen LogP contribution < -0.4 is 10.6 Å². The first kappa shape index (κ1) is 23.3. The number of fused-ring (bicyclic) bond motifs is 3. The molecule has 0 aliphatic heterocycles. The van der Waals surface area contributed by atoms with Gasteiger partial charge >= 0.3 is 12.1 Å². The molecule has 0 radical (unpaired) electrons. The van der Waals surface area contributed by atoms with E-state index < -0.39 is 29.4 Å². The molecule has 170 valence electrons. The van der Waals surface area contributed by atoms with Crippen LogP contribution in [0.15, 0.2) is 48.5 Å². The molecular formula is C25H30N2O5. The number of hydrogen-bond acceptors (Lipinski definition) is 4. The maximum absolute atomic E-state index is 12.5. The minimum absolute atomic E-state index is 0.0218. The van der Waals surface area contributed by atoms with Crippen LogP contribution in [-0.2, 0) is 14.3 Å². The number of aliphatic carboxylic acids is 1. The summed E-state index contributed by atoms with van der Waals surface area (Å²) in [5.41, 5.74) is 3.55. The Bertz CT molecular complexity index is 956. The van der Waals surface area contributed by atoms with Crippen molar-refractivity contribution in [2.24, 2.45) is 5.41 Å². The standard InChI is InChI=1S/C25H30N2O5/c1-4-9-21(22(28)29)27-23(30)25(2,3)15-26-24(31)32-14-20-18-12-7-5-10-16(18)17-11-6-8-13-19(17)20/h5-8,10-13,20-21H,4,9,14-15H2,1-3H3,(H,26,31)(H,27,30)(H,28,29)/t21-/m1/s1. The van der Waals surface area contributed by atoms with E-state index in [0.29, 0.717) is 12.8 Å². The highest BCUT2D eigenvalue weighted by Gasteiger charge is 2.32. The minimum Gasteiger partial charge on any atom is -0.480 e. The van der Waals surface area contributed by atoms with Crippen molar-refractivity contribution in [2.45, 2.75) is 45.6 Å². The van der Waals surface area contributed by atoms with Crippen LogP contribution >= 0.6 is 0 Å². The Morgan fingerprint density at radius 2 is 1.59 bits per heavy atom. The summed E-state index contributed by atoms with van der Waals surface area (Å²) in [7, 11) is 0. The second kappa shape index (κ2) is 9.85. The maximum Gasteiger partial charge on any atom is 0.407 e. The summed E-state index contributed by atoms with van der Waals surface area (Å²) in [6, 6.07) is 15.2. The van der Waals surface area contributed by atoms with Crippen molar-refractivity contribution < 1.29 is 24.2 Å². The van der Waals surface area contributed by atoms with Gasteiger partial charge in [0.15, 0.2) is 0 Å². The molecule has 0 unspecified atom stereocenters. The van der Waals surface area contributed by atoms with Gasteiger partial charge in [-0.05, 0) is 42.5 Å². The van der Waals surface area contributed by atoms with Crippen LogP contribution in [0.2, 0.25) is 0 Å². The molecule has 0 spiro atoms. The zero-order valence-corrected chi connectivity index (χ0v) is 18.7. The number of carbonyl (C=O) groups excluding carboxylic acids is 2. The van der Waals surface area contributed by atoms with Gasteiger partial charge in [-0.25, -0.2) is 9.59 Å². The molecule has 1 atom stereocenters. The third-order valence-electron chi connectivity index (χ3n) is 5.81. The molecule has 0 saturated heterocycles. The van der Waals surface area contributed by atoms with Gasteiger partial charge < -0.3 is 20.5 Å². The van der Waals surface area contributed by atoms with Crippen LogP contribution in [0.5, 0.6) is 0 Å². The van der Waals surface area contributed by atoms with Gasteiger partial charge in [0, 0.05) is 12.5 Å². The molecule has 1 aliphatic rings. The normalized spacial score (nSPS) is 13.6. The molecule has 3 N–H and O–H groups in total. The van der Waals surface area contributed by atoms with Gasteiger partial charge in [0.2, 0.25) is 5.91 Å². The van der Waals surface area contributed by atoms with Crippen LogP contribution in [-0.4, -0.2) is 42.3 Å². The molecule has 2 aromatic carbocycles. The Labute approximate surface area is 188 Å². The Balaban J connectivity index is 1.56. The van der Waals surface area contributed by atoms with E-state index in [4.69, 9.17) is 4.74 Å². The monoisotopic (exact) mass is 438 g/mol. The fourth-order valence-electron chi connectivity index (χ4n) is 3.92. The summed E-state index contributed by atoms with van der Waals surface area (Å²) in [4.78, 5) is 36.2. The number of rotatable bonds is 9. The van der Waals surface area contributed by atoms with Crippen molar-refractivity contribution >= 4 is 18.0 Å². The second-order valence-corrected chi connectivity index (χ2v) is 8.72. The summed E-state index contributed by atoms with van der Waals surface area (Å²) in [5.74, 6) is -1.55. The molecule has 0 heterocycles. The molecule has 0 fully saturated rings. The van der Waals surface area contributed by atoms with Crippen molar-refractivity contribution in [3.8, 4) is 11.1 Å². The molecule has 2 aromatic rings. The number of amides is 2. The zero-order valence-electron chi connectivity index (χ0n) is 18.7. The van der Waals surface area contributed by atoms with Gasteiger partial charge in [-0.15, -0.1) is 0 Å². The van der Waals surface area contributed by atoms with E-state index in [1.165, 1.54) is 0 Å². The quantitative estimate of drug-likeness (QED) is 0.550. The van der Waals surface area contributed by atoms with Crippen molar-refractivity contribution in [2.75, 3.05) is 13.2 Å². The Kier molecular flexibility index (Phi) is 7.18. The number of carboxylic acids is 1. The zero-order chi connectivity index (χ0) is 23.3. The topological polar surface area (TPSA) is 105 Å². The van der Waals surface area contributed by atoms with E-state index in [2.05, 4.69) is 22.8 Å². The molecule has 0 saturated carbocycles. The highest BCUT2D eigenvalue weighted by atomic mass is 16.5. The van der Waals surface area contributed by atoms with Crippen LogP contribution in [0, 0.1) is 5.41 Å². The van der Waals surface area contributed by atoms with Crippen LogP contribution in [0.1, 0.15) is 50.7 Å². The largest absolute Gasteiger partial charge is 0.480 e. The number of ether oxygens (including phenoxy) is 1. The molecule has 3 rings (SSSR count). The predicted molar refractivity (Wildman–Crippen MR) is 121 cm³/mol. The lowest BCUT2D eigenvalue weighted by atomic mass is 9.91. The predicted octanol–water partition coefficient (Wildman–Crippen LogP) is 3.92. The molecule has 0 bridgehead atoms. The number of carbonyl (C=O) groups is 3. The van der Waals surface area contributed by atoms with E-state index in [0.717, 1.165) is 22.3 Å². The van der Waals surface area contributed by atoms with E-state index in [1.807, 2.05) is 43.3 Å². The summed E-state index contributed by atoms with van der Waals surface area (Å²) in [5, 5.41) is 14.4. The summed E-state index contributed by atoms with van der Waals surface area (Å²) in [6.45, 7) is 5.36. The molecule has 32 heavy (non-hydrogen) atoms. The second-order valence-electron chi connectivity index (χ2n) is 8.72. The lowest BCUT2D eigenvalue weighted by Gasteiger charge is -2.26. The van der Waals surface area contributed by atoms with E-state index in [9.17, 15) is 19.5 Å². The smallest absolute Gasteiger partial charge is 0.407 e. The number of hydrogen-bond donors (Lipinski definition) is 3. The minimum atomic E-state index is -1.07. The van der Waals surface area contributed by atoms with E-state index in [1.54, 1.807) is 13.8 Å². The molecular weight excluding hydrogens is 408 g/mol. The molecule has 1 aliphatic carbocycles. The number of nitrogens with one attached hydrogen (secondary N) is 2. The average Bonchev–Trinajstić information content (AvgIpc) is 3.09. The third kappa shape index (κ3) is 5.10. The molecule has 7 heteroatoms. The first-order valence-corrected chi connectivity index (χ1v) is 10.9. The summed E-state index contributed by atoms with van der Waals surface area (Å²) >= 11 is 0. The average molecular weight is 439 g/mol. The van der Waals surface area contributed by atoms with Crippen LogP contribution in [0.3, 0.4) is 0 Å². The molecule has 7 nitrogen and oxygen atoms in total. The van der Waals surface area contributed by atoms with Crippen LogP contribution in [0.25, 0.3) is 11.1 Å². The fourth-order valence-corrected chi connectivity index (χ4v) is 3.92. The van der Waals surface area contributed by atoms with E-state index >= 15 is 0 Å². The summed E-state index contributed by atoms with van der Waals surface area (Å²) in [6.07, 6.45) is 0.364. The van der Waals surface area contributed by atoms with Gasteiger partial charge in [0.05, 0.1) is 5.41 Å². The fraction of sp³-hybridized carbons (Fsp3) is 0.400. The maximum atomic E-state index is 12.5. The highest BCUT2D eigenvalue weighted by Crippen LogP contribution is 2.44. The van der Waals surface area contributed by atoms with Gasteiger partial charge in [0.1, 0.15) is 12.6 Å². The SMILES string of the molecule is CCC[C@@H](NC(=O)C(C)(C)CNC(=O)OCC1c2ccccc2-c2ccccc21)C(=O)O. The number of carboxylic acid groups (broad SMARTS) is 1. The first-order chi connectivity index (χ1) is 15.2. The summed E-state index contributed by atoms with van der Waals surface area (Å²) < 4.78 is 5.50. The van der Waals surface area contributed by atoms with E-state index in [-0.39, 0.29) is 19.1 Å². The van der Waals surface area contributed by atoms with Gasteiger partial charge in [-0.2, -0.15) is 0 Å². The Hall–Kier alpha value is -3.35. The number of benzene rings is 2. The van der Waals surface area contributed by atoms with Crippen LogP contribution in [0.4, 0.5) is 4.79 Å². The lowest BCUT2D eigenvalue weighted by molar-refractivity contribution is -0.143. The van der Waals surface area contributed by atoms with Crippen molar-refractivity contribution in [1.82, 2.24) is 10.6 Å². The Morgan fingerprint density at radius 3 is 2.12 bits per heavy atom. The van der Waals surface area contributed by atoms with Gasteiger partial charge in [-0.1, -0.05) is 61.9 Å².